The van der Waals surface area contributed by atoms with Gasteiger partial charge >= 0.3 is 0 Å². The van der Waals surface area contributed by atoms with Crippen LogP contribution < -0.4 is 10.6 Å². The number of carbonyl (C=O) groups excluding carboxylic acids is 1. The van der Waals surface area contributed by atoms with E-state index in [9.17, 15) is 4.79 Å². The van der Waals surface area contributed by atoms with Gasteiger partial charge in [-0.2, -0.15) is 11.8 Å². The van der Waals surface area contributed by atoms with Gasteiger partial charge in [0.25, 0.3) is 0 Å². The molecule has 5 heteroatoms. The van der Waals surface area contributed by atoms with Gasteiger partial charge in [0, 0.05) is 31.1 Å². The van der Waals surface area contributed by atoms with E-state index in [1.165, 1.54) is 0 Å². The first-order valence-corrected chi connectivity index (χ1v) is 8.10. The van der Waals surface area contributed by atoms with Crippen LogP contribution in [0.5, 0.6) is 0 Å². The molecule has 4 nitrogen and oxygen atoms in total. The number of amides is 1. The monoisotopic (exact) mass is 272 g/mol. The van der Waals surface area contributed by atoms with Crippen LogP contribution in [0.2, 0.25) is 0 Å². The Morgan fingerprint density at radius 2 is 2.28 bits per heavy atom. The zero-order valence-electron chi connectivity index (χ0n) is 11.2. The fourth-order valence-electron chi connectivity index (χ4n) is 2.66. The zero-order valence-corrected chi connectivity index (χ0v) is 12.0. The first-order chi connectivity index (χ1) is 8.76. The summed E-state index contributed by atoms with van der Waals surface area (Å²) >= 11 is 1.87. The van der Waals surface area contributed by atoms with E-state index < -0.39 is 0 Å². The number of thioether (sulfide) groups is 1. The molecule has 2 fully saturated rings. The molecule has 1 amide bonds. The van der Waals surface area contributed by atoms with Gasteiger partial charge in [-0.1, -0.05) is 0 Å². The standard InChI is InChI=1S/C13H24N2O2S/c1-18-13(4-7-17-8-5-13)10-15-12(16)11-3-2-6-14-9-11/h11,14H,2-10H2,1H3,(H,15,16). The molecular weight excluding hydrogens is 248 g/mol. The fraction of sp³-hybridized carbons (Fsp3) is 0.923. The Morgan fingerprint density at radius 3 is 2.89 bits per heavy atom. The summed E-state index contributed by atoms with van der Waals surface area (Å²) in [6.07, 6.45) is 6.35. The summed E-state index contributed by atoms with van der Waals surface area (Å²) in [6, 6.07) is 0. The second kappa shape index (κ2) is 6.78. The summed E-state index contributed by atoms with van der Waals surface area (Å²) in [5.41, 5.74) is 0. The highest BCUT2D eigenvalue weighted by Crippen LogP contribution is 2.33. The molecule has 0 aromatic heterocycles. The van der Waals surface area contributed by atoms with Gasteiger partial charge in [-0.05, 0) is 38.5 Å². The Labute approximate surface area is 114 Å². The highest BCUT2D eigenvalue weighted by atomic mass is 32.2. The van der Waals surface area contributed by atoms with E-state index in [0.29, 0.717) is 0 Å². The van der Waals surface area contributed by atoms with Gasteiger partial charge in [0.15, 0.2) is 0 Å². The Balaban J connectivity index is 1.79. The molecule has 0 spiro atoms. The van der Waals surface area contributed by atoms with Crippen LogP contribution in [-0.2, 0) is 9.53 Å². The second-order valence-electron chi connectivity index (χ2n) is 5.26. The molecule has 1 atom stereocenters. The van der Waals surface area contributed by atoms with Gasteiger partial charge in [0.1, 0.15) is 0 Å². The number of rotatable bonds is 4. The van der Waals surface area contributed by atoms with Gasteiger partial charge in [0.05, 0.1) is 5.92 Å². The largest absolute Gasteiger partial charge is 0.381 e. The lowest BCUT2D eigenvalue weighted by Gasteiger charge is -2.36. The van der Waals surface area contributed by atoms with Crippen LogP contribution in [0, 0.1) is 5.92 Å². The maximum absolute atomic E-state index is 12.1. The van der Waals surface area contributed by atoms with Crippen LogP contribution in [0.3, 0.4) is 0 Å². The van der Waals surface area contributed by atoms with Crippen LogP contribution in [0.15, 0.2) is 0 Å². The normalized spacial score (nSPS) is 27.7. The van der Waals surface area contributed by atoms with Crippen LogP contribution in [0.25, 0.3) is 0 Å². The molecule has 2 aliphatic rings. The van der Waals surface area contributed by atoms with Crippen molar-refractivity contribution in [2.45, 2.75) is 30.4 Å². The van der Waals surface area contributed by atoms with Crippen molar-refractivity contribution in [2.24, 2.45) is 5.92 Å². The molecule has 2 rings (SSSR count). The van der Waals surface area contributed by atoms with Crippen molar-refractivity contribution in [2.75, 3.05) is 39.1 Å². The molecule has 1 unspecified atom stereocenters. The molecule has 0 aromatic rings. The minimum absolute atomic E-state index is 0.164. The minimum Gasteiger partial charge on any atom is -0.381 e. The third-order valence-corrected chi connectivity index (χ3v) is 5.51. The van der Waals surface area contributed by atoms with E-state index in [4.69, 9.17) is 4.74 Å². The topological polar surface area (TPSA) is 50.4 Å². The first-order valence-electron chi connectivity index (χ1n) is 6.87. The van der Waals surface area contributed by atoms with Gasteiger partial charge < -0.3 is 15.4 Å². The van der Waals surface area contributed by atoms with E-state index in [0.717, 1.165) is 58.5 Å². The highest BCUT2D eigenvalue weighted by Gasteiger charge is 2.33. The van der Waals surface area contributed by atoms with Crippen molar-refractivity contribution in [3.05, 3.63) is 0 Å². The third kappa shape index (κ3) is 3.62. The lowest BCUT2D eigenvalue weighted by atomic mass is 9.96. The molecule has 0 radical (unpaired) electrons. The quantitative estimate of drug-likeness (QED) is 0.802. The predicted octanol–water partition coefficient (Wildman–Crippen LogP) is 1.01. The van der Waals surface area contributed by atoms with Crippen molar-refractivity contribution in [1.29, 1.82) is 0 Å². The van der Waals surface area contributed by atoms with E-state index >= 15 is 0 Å². The molecule has 2 heterocycles. The number of hydrogen-bond donors (Lipinski definition) is 2. The summed E-state index contributed by atoms with van der Waals surface area (Å²) in [5.74, 6) is 0.389. The van der Waals surface area contributed by atoms with Crippen LogP contribution in [0.4, 0.5) is 0 Å². The van der Waals surface area contributed by atoms with Crippen LogP contribution in [-0.4, -0.2) is 49.8 Å². The molecule has 104 valence electrons. The zero-order chi connectivity index (χ0) is 12.8. The Bertz CT molecular complexity index is 274. The van der Waals surface area contributed by atoms with E-state index in [-0.39, 0.29) is 16.6 Å². The molecule has 18 heavy (non-hydrogen) atoms. The first kappa shape index (κ1) is 14.2. The summed E-state index contributed by atoms with van der Waals surface area (Å²) in [5, 5.41) is 6.45. The van der Waals surface area contributed by atoms with Crippen LogP contribution >= 0.6 is 11.8 Å². The molecule has 0 bridgehead atoms. The van der Waals surface area contributed by atoms with E-state index in [1.807, 2.05) is 11.8 Å². The Kier molecular flexibility index (Phi) is 5.33. The highest BCUT2D eigenvalue weighted by molar-refractivity contribution is 8.00. The maximum Gasteiger partial charge on any atom is 0.224 e. The molecular formula is C13H24N2O2S. The Hall–Kier alpha value is -0.260. The Morgan fingerprint density at radius 1 is 1.50 bits per heavy atom. The number of nitrogens with one attached hydrogen (secondary N) is 2. The SMILES string of the molecule is CSC1(CNC(=O)C2CCCNC2)CCOCC1. The average Bonchev–Trinajstić information content (AvgIpc) is 2.47. The lowest BCUT2D eigenvalue weighted by molar-refractivity contribution is -0.125. The summed E-state index contributed by atoms with van der Waals surface area (Å²) < 4.78 is 5.60. The fourth-order valence-corrected chi connectivity index (χ4v) is 3.46. The van der Waals surface area contributed by atoms with Crippen molar-refractivity contribution < 1.29 is 9.53 Å². The van der Waals surface area contributed by atoms with Gasteiger partial charge in [-0.15, -0.1) is 0 Å². The smallest absolute Gasteiger partial charge is 0.224 e. The lowest BCUT2D eigenvalue weighted by Crippen LogP contribution is -2.47. The van der Waals surface area contributed by atoms with Crippen molar-refractivity contribution in [3.63, 3.8) is 0 Å². The second-order valence-corrected chi connectivity index (χ2v) is 6.53. The number of ether oxygens (including phenoxy) is 1. The van der Waals surface area contributed by atoms with E-state index in [2.05, 4.69) is 16.9 Å². The number of hydrogen-bond acceptors (Lipinski definition) is 4. The van der Waals surface area contributed by atoms with Crippen LogP contribution in [0.1, 0.15) is 25.7 Å². The maximum atomic E-state index is 12.1. The summed E-state index contributed by atoms with van der Waals surface area (Å²) in [6.45, 7) is 4.31. The molecule has 0 aliphatic carbocycles. The predicted molar refractivity (Wildman–Crippen MR) is 74.9 cm³/mol. The summed E-state index contributed by atoms with van der Waals surface area (Å²) in [7, 11) is 0. The van der Waals surface area contributed by atoms with E-state index in [1.54, 1.807) is 0 Å². The van der Waals surface area contributed by atoms with Crippen molar-refractivity contribution >= 4 is 17.7 Å². The average molecular weight is 272 g/mol. The minimum atomic E-state index is 0.164. The molecule has 2 saturated heterocycles. The number of piperidine rings is 1. The number of carbonyl (C=O) groups is 1. The van der Waals surface area contributed by atoms with Gasteiger partial charge in [-0.3, -0.25) is 4.79 Å². The summed E-state index contributed by atoms with van der Waals surface area (Å²) in [4.78, 5) is 12.1. The van der Waals surface area contributed by atoms with Gasteiger partial charge in [0.2, 0.25) is 5.91 Å². The molecule has 0 aromatic carbocycles. The molecule has 0 saturated carbocycles. The van der Waals surface area contributed by atoms with Gasteiger partial charge in [-0.25, -0.2) is 0 Å². The molecule has 2 aliphatic heterocycles. The third-order valence-electron chi connectivity index (χ3n) is 4.09. The van der Waals surface area contributed by atoms with Crippen molar-refractivity contribution in [1.82, 2.24) is 10.6 Å². The molecule has 2 N–H and O–H groups in total. The van der Waals surface area contributed by atoms with Crippen molar-refractivity contribution in [3.8, 4) is 0 Å².